The number of ketones is 1. The predicted octanol–water partition coefficient (Wildman–Crippen LogP) is 3.90. The Kier molecular flexibility index (Phi) is 2.74. The molecular weight excluding hydrogens is 248 g/mol. The second-order valence-corrected chi connectivity index (χ2v) is 8.13. The third-order valence-corrected chi connectivity index (χ3v) is 7.19. The SMILES string of the molecule is C[C@@]12CCC[C@H]1[C@@H]1OCC3=CC(=O)CC[C@]3(C)[C@H]1CC2. The number of hydrogen-bond donors (Lipinski definition) is 0. The Morgan fingerprint density at radius 2 is 2.00 bits per heavy atom. The first kappa shape index (κ1) is 13.1. The summed E-state index contributed by atoms with van der Waals surface area (Å²) in [6.07, 6.45) is 10.9. The van der Waals surface area contributed by atoms with Crippen LogP contribution >= 0.6 is 0 Å². The molecule has 20 heavy (non-hydrogen) atoms. The normalized spacial score (nSPS) is 51.0. The maximum atomic E-state index is 11.7. The highest BCUT2D eigenvalue weighted by atomic mass is 16.5. The molecule has 0 bridgehead atoms. The van der Waals surface area contributed by atoms with Crippen LogP contribution in [0, 0.1) is 22.7 Å². The molecule has 0 aromatic rings. The van der Waals surface area contributed by atoms with Crippen molar-refractivity contribution in [1.29, 1.82) is 0 Å². The molecule has 110 valence electrons. The second kappa shape index (κ2) is 4.19. The molecule has 2 heteroatoms. The van der Waals surface area contributed by atoms with Crippen LogP contribution in [0.1, 0.15) is 58.8 Å². The minimum absolute atomic E-state index is 0.237. The zero-order valence-electron chi connectivity index (χ0n) is 12.8. The van der Waals surface area contributed by atoms with Crippen LogP contribution in [0.5, 0.6) is 0 Å². The molecule has 3 aliphatic carbocycles. The van der Waals surface area contributed by atoms with E-state index in [1.54, 1.807) is 0 Å². The van der Waals surface area contributed by atoms with Crippen molar-refractivity contribution in [1.82, 2.24) is 0 Å². The molecule has 1 saturated heterocycles. The summed E-state index contributed by atoms with van der Waals surface area (Å²) in [5, 5.41) is 0. The summed E-state index contributed by atoms with van der Waals surface area (Å²) in [4.78, 5) is 11.7. The van der Waals surface area contributed by atoms with Crippen LogP contribution in [0.3, 0.4) is 0 Å². The van der Waals surface area contributed by atoms with Gasteiger partial charge in [0.05, 0.1) is 12.7 Å². The molecule has 2 saturated carbocycles. The molecule has 1 aliphatic heterocycles. The first-order valence-electron chi connectivity index (χ1n) is 8.38. The first-order valence-corrected chi connectivity index (χ1v) is 8.38. The van der Waals surface area contributed by atoms with E-state index >= 15 is 0 Å². The van der Waals surface area contributed by atoms with Crippen LogP contribution in [0.4, 0.5) is 0 Å². The van der Waals surface area contributed by atoms with Crippen LogP contribution in [-0.2, 0) is 9.53 Å². The van der Waals surface area contributed by atoms with Crippen LogP contribution in [0.15, 0.2) is 11.6 Å². The van der Waals surface area contributed by atoms with E-state index in [0.29, 0.717) is 29.8 Å². The maximum Gasteiger partial charge on any atom is 0.155 e. The third kappa shape index (κ3) is 1.63. The summed E-state index contributed by atoms with van der Waals surface area (Å²) in [5.74, 6) is 1.71. The Bertz CT molecular complexity index is 480. The monoisotopic (exact) mass is 274 g/mol. The van der Waals surface area contributed by atoms with Gasteiger partial charge in [-0.2, -0.15) is 0 Å². The van der Waals surface area contributed by atoms with Gasteiger partial charge in [0.25, 0.3) is 0 Å². The van der Waals surface area contributed by atoms with Gasteiger partial charge in [-0.25, -0.2) is 0 Å². The second-order valence-electron chi connectivity index (χ2n) is 8.13. The molecule has 0 radical (unpaired) electrons. The summed E-state index contributed by atoms with van der Waals surface area (Å²) in [7, 11) is 0. The molecule has 1 heterocycles. The molecule has 0 amide bonds. The molecule has 0 unspecified atom stereocenters. The third-order valence-electron chi connectivity index (χ3n) is 7.19. The minimum atomic E-state index is 0.237. The van der Waals surface area contributed by atoms with Gasteiger partial charge in [0.15, 0.2) is 5.78 Å². The number of hydrogen-bond acceptors (Lipinski definition) is 2. The van der Waals surface area contributed by atoms with Gasteiger partial charge < -0.3 is 4.74 Å². The Morgan fingerprint density at radius 1 is 1.15 bits per heavy atom. The van der Waals surface area contributed by atoms with Crippen molar-refractivity contribution in [3.05, 3.63) is 11.6 Å². The van der Waals surface area contributed by atoms with E-state index in [0.717, 1.165) is 18.8 Å². The van der Waals surface area contributed by atoms with Crippen molar-refractivity contribution in [2.45, 2.75) is 64.9 Å². The highest BCUT2D eigenvalue weighted by molar-refractivity contribution is 5.91. The molecule has 4 rings (SSSR count). The fourth-order valence-corrected chi connectivity index (χ4v) is 5.77. The van der Waals surface area contributed by atoms with Crippen molar-refractivity contribution in [2.24, 2.45) is 22.7 Å². The van der Waals surface area contributed by atoms with E-state index in [2.05, 4.69) is 13.8 Å². The Labute approximate surface area is 122 Å². The summed E-state index contributed by atoms with van der Waals surface area (Å²) >= 11 is 0. The fraction of sp³-hybridized carbons (Fsp3) is 0.833. The minimum Gasteiger partial charge on any atom is -0.373 e. The van der Waals surface area contributed by atoms with Crippen molar-refractivity contribution in [3.8, 4) is 0 Å². The lowest BCUT2D eigenvalue weighted by molar-refractivity contribution is -0.144. The average Bonchev–Trinajstić information content (AvgIpc) is 2.81. The predicted molar refractivity (Wildman–Crippen MR) is 78.3 cm³/mol. The number of fused-ring (bicyclic) bond motifs is 5. The average molecular weight is 274 g/mol. The molecule has 3 fully saturated rings. The van der Waals surface area contributed by atoms with Gasteiger partial charge in [0.1, 0.15) is 0 Å². The molecule has 4 aliphatic rings. The number of rotatable bonds is 0. The van der Waals surface area contributed by atoms with Gasteiger partial charge in [-0.1, -0.05) is 20.3 Å². The Balaban J connectivity index is 1.69. The van der Waals surface area contributed by atoms with E-state index in [9.17, 15) is 4.79 Å². The van der Waals surface area contributed by atoms with E-state index in [1.165, 1.54) is 37.7 Å². The lowest BCUT2D eigenvalue weighted by Gasteiger charge is -2.56. The largest absolute Gasteiger partial charge is 0.373 e. The Hall–Kier alpha value is -0.630. The molecule has 5 atom stereocenters. The van der Waals surface area contributed by atoms with Crippen molar-refractivity contribution >= 4 is 5.78 Å². The van der Waals surface area contributed by atoms with Crippen molar-refractivity contribution in [3.63, 3.8) is 0 Å². The summed E-state index contributed by atoms with van der Waals surface area (Å²) in [6.45, 7) is 5.60. The van der Waals surface area contributed by atoms with Crippen LogP contribution < -0.4 is 0 Å². The molecule has 0 spiro atoms. The summed E-state index contributed by atoms with van der Waals surface area (Å²) in [6, 6.07) is 0. The highest BCUT2D eigenvalue weighted by Gasteiger charge is 2.57. The number of allylic oxidation sites excluding steroid dienone is 1. The fourth-order valence-electron chi connectivity index (χ4n) is 5.77. The standard InChI is InChI=1S/C18H26O2/c1-17-7-3-4-14(17)16-15(6-8-17)18(2)9-5-13(19)10-12(18)11-20-16/h10,14-16H,3-9,11H2,1-2H3/t14-,15-,16-,17-,18-/m0/s1. The Morgan fingerprint density at radius 3 is 2.85 bits per heavy atom. The van der Waals surface area contributed by atoms with Crippen molar-refractivity contribution in [2.75, 3.05) is 6.61 Å². The van der Waals surface area contributed by atoms with E-state index in [1.807, 2.05) is 6.08 Å². The molecule has 2 nitrogen and oxygen atoms in total. The van der Waals surface area contributed by atoms with Crippen molar-refractivity contribution < 1.29 is 9.53 Å². The quantitative estimate of drug-likeness (QED) is 0.669. The van der Waals surface area contributed by atoms with E-state index in [4.69, 9.17) is 4.74 Å². The van der Waals surface area contributed by atoms with Crippen LogP contribution in [-0.4, -0.2) is 18.5 Å². The number of carbonyl (C=O) groups excluding carboxylic acids is 1. The van der Waals surface area contributed by atoms with E-state index in [-0.39, 0.29) is 5.41 Å². The van der Waals surface area contributed by atoms with Crippen LogP contribution in [0.25, 0.3) is 0 Å². The van der Waals surface area contributed by atoms with Gasteiger partial charge in [-0.15, -0.1) is 0 Å². The smallest absolute Gasteiger partial charge is 0.155 e. The van der Waals surface area contributed by atoms with Gasteiger partial charge in [-0.05, 0) is 66.4 Å². The zero-order valence-corrected chi connectivity index (χ0v) is 12.8. The van der Waals surface area contributed by atoms with E-state index < -0.39 is 0 Å². The molecule has 0 aromatic heterocycles. The summed E-state index contributed by atoms with van der Waals surface area (Å²) in [5.41, 5.74) is 2.06. The zero-order chi connectivity index (χ0) is 14.0. The van der Waals surface area contributed by atoms with Gasteiger partial charge >= 0.3 is 0 Å². The first-order chi connectivity index (χ1) is 9.53. The maximum absolute atomic E-state index is 11.7. The molecular formula is C18H26O2. The molecule has 0 aromatic carbocycles. The lowest BCUT2D eigenvalue weighted by Crippen LogP contribution is -2.54. The number of carbonyl (C=O) groups is 1. The molecule has 0 N–H and O–H groups in total. The topological polar surface area (TPSA) is 26.3 Å². The van der Waals surface area contributed by atoms with Crippen LogP contribution in [0.2, 0.25) is 0 Å². The van der Waals surface area contributed by atoms with Gasteiger partial charge in [0.2, 0.25) is 0 Å². The number of ether oxygens (including phenoxy) is 1. The van der Waals surface area contributed by atoms with Gasteiger partial charge in [-0.3, -0.25) is 4.79 Å². The lowest BCUT2D eigenvalue weighted by atomic mass is 9.53. The van der Waals surface area contributed by atoms with Gasteiger partial charge in [0, 0.05) is 6.42 Å². The summed E-state index contributed by atoms with van der Waals surface area (Å²) < 4.78 is 6.32. The highest BCUT2D eigenvalue weighted by Crippen LogP contribution is 2.61.